The second-order valence-electron chi connectivity index (χ2n) is 4.84. The summed E-state index contributed by atoms with van der Waals surface area (Å²) >= 11 is 0. The van der Waals surface area contributed by atoms with E-state index in [4.69, 9.17) is 0 Å². The summed E-state index contributed by atoms with van der Waals surface area (Å²) in [7, 11) is 1.76. The third-order valence-corrected chi connectivity index (χ3v) is 3.29. The van der Waals surface area contributed by atoms with Crippen LogP contribution >= 0.6 is 0 Å². The van der Waals surface area contributed by atoms with Gasteiger partial charge in [-0.3, -0.25) is 9.48 Å². The average Bonchev–Trinajstić information content (AvgIpc) is 3.06. The second kappa shape index (κ2) is 5.44. The minimum Gasteiger partial charge on any atom is -0.305 e. The molecular formula is C15H14FN5O. The number of hydrogen-bond donors (Lipinski definition) is 1. The van der Waals surface area contributed by atoms with Gasteiger partial charge in [0, 0.05) is 19.3 Å². The molecule has 0 atom stereocenters. The number of aryl methyl sites for hydroxylation is 1. The molecule has 0 fully saturated rings. The van der Waals surface area contributed by atoms with Crippen molar-refractivity contribution in [3.8, 4) is 5.69 Å². The van der Waals surface area contributed by atoms with Crippen LogP contribution in [0.1, 0.15) is 16.1 Å². The molecule has 0 spiro atoms. The Kier molecular flexibility index (Phi) is 3.46. The van der Waals surface area contributed by atoms with Crippen LogP contribution in [0.2, 0.25) is 0 Å². The number of hydrogen-bond acceptors (Lipinski definition) is 3. The highest BCUT2D eigenvalue weighted by Crippen LogP contribution is 2.17. The lowest BCUT2D eigenvalue weighted by atomic mass is 10.2. The van der Waals surface area contributed by atoms with Crippen LogP contribution in [0.4, 0.5) is 10.2 Å². The largest absolute Gasteiger partial charge is 0.305 e. The number of carbonyl (C=O) groups is 1. The van der Waals surface area contributed by atoms with E-state index in [1.807, 2.05) is 0 Å². The molecule has 2 aromatic heterocycles. The van der Waals surface area contributed by atoms with E-state index in [2.05, 4.69) is 15.5 Å². The summed E-state index contributed by atoms with van der Waals surface area (Å²) in [6.07, 6.45) is 3.14. The number of nitrogens with zero attached hydrogens (tertiary/aromatic N) is 4. The molecular weight excluding hydrogens is 285 g/mol. The van der Waals surface area contributed by atoms with Crippen molar-refractivity contribution in [3.05, 3.63) is 59.8 Å². The van der Waals surface area contributed by atoms with E-state index >= 15 is 0 Å². The van der Waals surface area contributed by atoms with Crippen molar-refractivity contribution < 1.29 is 9.18 Å². The molecule has 0 bridgehead atoms. The monoisotopic (exact) mass is 299 g/mol. The number of nitrogens with one attached hydrogen (secondary N) is 1. The van der Waals surface area contributed by atoms with E-state index in [-0.39, 0.29) is 5.91 Å². The Bertz CT molecular complexity index is 836. The number of aromatic nitrogens is 4. The molecule has 0 aliphatic carbocycles. The molecule has 0 radical (unpaired) electrons. The second-order valence-corrected chi connectivity index (χ2v) is 4.84. The van der Waals surface area contributed by atoms with E-state index in [9.17, 15) is 9.18 Å². The summed E-state index contributed by atoms with van der Waals surface area (Å²) in [6, 6.07) is 7.97. The standard InChI is InChI=1S/C15H14FN5O/c1-10-11(15(22)18-14-7-8-20(2)19-14)9-17-21(10)13-6-4-3-5-12(13)16/h3-9H,1-2H3,(H,18,19,22). The molecule has 3 aromatic rings. The average molecular weight is 299 g/mol. The fourth-order valence-electron chi connectivity index (χ4n) is 2.16. The quantitative estimate of drug-likeness (QED) is 0.807. The predicted octanol–water partition coefficient (Wildman–Crippen LogP) is 2.31. The van der Waals surface area contributed by atoms with Crippen molar-refractivity contribution in [2.45, 2.75) is 6.92 Å². The Labute approximate surface area is 126 Å². The summed E-state index contributed by atoms with van der Waals surface area (Å²) in [5.74, 6) is -0.283. The van der Waals surface area contributed by atoms with Gasteiger partial charge in [-0.15, -0.1) is 0 Å². The summed E-state index contributed by atoms with van der Waals surface area (Å²) in [5, 5.41) is 10.9. The zero-order chi connectivity index (χ0) is 15.7. The Morgan fingerprint density at radius 3 is 2.73 bits per heavy atom. The summed E-state index contributed by atoms with van der Waals surface area (Å²) in [6.45, 7) is 1.72. The van der Waals surface area contributed by atoms with Gasteiger partial charge in [-0.2, -0.15) is 10.2 Å². The van der Waals surface area contributed by atoms with Gasteiger partial charge in [-0.05, 0) is 19.1 Å². The maximum absolute atomic E-state index is 13.8. The number of rotatable bonds is 3. The van der Waals surface area contributed by atoms with Crippen molar-refractivity contribution in [3.63, 3.8) is 0 Å². The van der Waals surface area contributed by atoms with Crippen LogP contribution in [0, 0.1) is 12.7 Å². The molecule has 1 N–H and O–H groups in total. The first-order chi connectivity index (χ1) is 10.6. The molecule has 0 unspecified atom stereocenters. The van der Waals surface area contributed by atoms with Crippen molar-refractivity contribution >= 4 is 11.7 Å². The van der Waals surface area contributed by atoms with Crippen LogP contribution in [0.5, 0.6) is 0 Å². The van der Waals surface area contributed by atoms with Crippen LogP contribution < -0.4 is 5.32 Å². The third kappa shape index (κ3) is 2.48. The molecule has 7 heteroatoms. The molecule has 3 rings (SSSR count). The number of amides is 1. The third-order valence-electron chi connectivity index (χ3n) is 3.29. The highest BCUT2D eigenvalue weighted by molar-refractivity contribution is 6.04. The topological polar surface area (TPSA) is 64.7 Å². The van der Waals surface area contributed by atoms with Crippen LogP contribution in [-0.4, -0.2) is 25.5 Å². The zero-order valence-electron chi connectivity index (χ0n) is 12.1. The van der Waals surface area contributed by atoms with Gasteiger partial charge in [0.1, 0.15) is 11.5 Å². The first kappa shape index (κ1) is 14.0. The summed E-state index contributed by atoms with van der Waals surface area (Å²) < 4.78 is 16.8. The Morgan fingerprint density at radius 2 is 2.05 bits per heavy atom. The lowest BCUT2D eigenvalue weighted by Gasteiger charge is -2.06. The highest BCUT2D eigenvalue weighted by Gasteiger charge is 2.17. The smallest absolute Gasteiger partial charge is 0.260 e. The first-order valence-electron chi connectivity index (χ1n) is 6.67. The number of para-hydroxylation sites is 1. The van der Waals surface area contributed by atoms with Gasteiger partial charge < -0.3 is 5.32 Å². The Balaban J connectivity index is 1.90. The van der Waals surface area contributed by atoms with Crippen LogP contribution in [-0.2, 0) is 7.05 Å². The van der Waals surface area contributed by atoms with E-state index < -0.39 is 5.82 Å². The highest BCUT2D eigenvalue weighted by atomic mass is 19.1. The fraction of sp³-hybridized carbons (Fsp3) is 0.133. The van der Waals surface area contributed by atoms with E-state index in [0.717, 1.165) is 0 Å². The predicted molar refractivity (Wildman–Crippen MR) is 79.4 cm³/mol. The SMILES string of the molecule is Cc1c(C(=O)Nc2ccn(C)n2)cnn1-c1ccccc1F. The van der Waals surface area contributed by atoms with Crippen LogP contribution in [0.15, 0.2) is 42.7 Å². The number of anilines is 1. The summed E-state index contributed by atoms with van der Waals surface area (Å²) in [4.78, 5) is 12.3. The molecule has 0 aliphatic rings. The zero-order valence-corrected chi connectivity index (χ0v) is 12.1. The molecule has 2 heterocycles. The van der Waals surface area contributed by atoms with Crippen molar-refractivity contribution in [2.24, 2.45) is 7.05 Å². The van der Waals surface area contributed by atoms with Crippen molar-refractivity contribution in [1.29, 1.82) is 0 Å². The maximum Gasteiger partial charge on any atom is 0.260 e. The molecule has 1 aromatic carbocycles. The molecule has 1 amide bonds. The number of carbonyl (C=O) groups excluding carboxylic acids is 1. The lowest BCUT2D eigenvalue weighted by Crippen LogP contribution is -2.14. The number of benzene rings is 1. The lowest BCUT2D eigenvalue weighted by molar-refractivity contribution is 0.102. The van der Waals surface area contributed by atoms with Gasteiger partial charge in [0.2, 0.25) is 0 Å². The fourth-order valence-corrected chi connectivity index (χ4v) is 2.16. The van der Waals surface area contributed by atoms with Gasteiger partial charge in [0.05, 0.1) is 17.5 Å². The van der Waals surface area contributed by atoms with E-state index in [1.165, 1.54) is 16.9 Å². The van der Waals surface area contributed by atoms with Crippen LogP contribution in [0.25, 0.3) is 5.69 Å². The molecule has 6 nitrogen and oxygen atoms in total. The van der Waals surface area contributed by atoms with Crippen LogP contribution in [0.3, 0.4) is 0 Å². The minimum absolute atomic E-state index is 0.303. The Hall–Kier alpha value is -2.96. The molecule has 22 heavy (non-hydrogen) atoms. The van der Waals surface area contributed by atoms with Crippen molar-refractivity contribution in [2.75, 3.05) is 5.32 Å². The van der Waals surface area contributed by atoms with E-state index in [1.54, 1.807) is 49.1 Å². The molecule has 0 saturated carbocycles. The molecule has 0 saturated heterocycles. The van der Waals surface area contributed by atoms with Crippen molar-refractivity contribution in [1.82, 2.24) is 19.6 Å². The van der Waals surface area contributed by atoms with E-state index in [0.29, 0.717) is 22.8 Å². The van der Waals surface area contributed by atoms with Gasteiger partial charge in [0.25, 0.3) is 5.91 Å². The first-order valence-corrected chi connectivity index (χ1v) is 6.67. The normalized spacial score (nSPS) is 10.7. The summed E-state index contributed by atoms with van der Waals surface area (Å²) in [5.41, 5.74) is 1.23. The van der Waals surface area contributed by atoms with Gasteiger partial charge in [-0.1, -0.05) is 12.1 Å². The Morgan fingerprint density at radius 1 is 1.27 bits per heavy atom. The number of halogens is 1. The molecule has 112 valence electrons. The van der Waals surface area contributed by atoms with Gasteiger partial charge >= 0.3 is 0 Å². The minimum atomic E-state index is -0.398. The molecule has 0 aliphatic heterocycles. The maximum atomic E-state index is 13.8. The van der Waals surface area contributed by atoms with Gasteiger partial charge in [-0.25, -0.2) is 9.07 Å². The van der Waals surface area contributed by atoms with Gasteiger partial charge in [0.15, 0.2) is 5.82 Å².